The number of thiocarbonyl (C=S) groups is 1. The lowest BCUT2D eigenvalue weighted by molar-refractivity contribution is 0.599. The van der Waals surface area contributed by atoms with Gasteiger partial charge in [0, 0.05) is 6.04 Å². The van der Waals surface area contributed by atoms with Crippen LogP contribution in [0, 0.1) is 0 Å². The van der Waals surface area contributed by atoms with Gasteiger partial charge in [0.05, 0.1) is 10.7 Å². The third-order valence-corrected chi connectivity index (χ3v) is 2.77. The van der Waals surface area contributed by atoms with Gasteiger partial charge in [0.15, 0.2) is 5.11 Å². The van der Waals surface area contributed by atoms with Crippen molar-refractivity contribution in [3.05, 3.63) is 29.3 Å². The monoisotopic (exact) mass is 256 g/mol. The topological polar surface area (TPSA) is 24.1 Å². The molecule has 1 aromatic carbocycles. The number of hydrogen-bond acceptors (Lipinski definition) is 1. The average Bonchev–Trinajstić information content (AvgIpc) is 2.21. The second-order valence-corrected chi connectivity index (χ2v) is 4.58. The summed E-state index contributed by atoms with van der Waals surface area (Å²) < 4.78 is 0. The van der Waals surface area contributed by atoms with Gasteiger partial charge in [-0.15, -0.1) is 0 Å². The van der Waals surface area contributed by atoms with Crippen molar-refractivity contribution in [1.29, 1.82) is 0 Å². The molecule has 0 saturated carbocycles. The summed E-state index contributed by atoms with van der Waals surface area (Å²) in [5, 5.41) is 7.60. The summed E-state index contributed by atoms with van der Waals surface area (Å²) in [6.07, 6.45) is 2.24. The highest BCUT2D eigenvalue weighted by molar-refractivity contribution is 7.80. The first kappa shape index (κ1) is 13.3. The van der Waals surface area contributed by atoms with Gasteiger partial charge >= 0.3 is 0 Å². The van der Waals surface area contributed by atoms with Crippen LogP contribution >= 0.6 is 23.8 Å². The quantitative estimate of drug-likeness (QED) is 0.801. The minimum atomic E-state index is 0.382. The third-order valence-electron chi connectivity index (χ3n) is 2.22. The number of anilines is 1. The van der Waals surface area contributed by atoms with E-state index in [1.807, 2.05) is 24.3 Å². The lowest BCUT2D eigenvalue weighted by Gasteiger charge is -2.16. The maximum Gasteiger partial charge on any atom is 0.171 e. The summed E-state index contributed by atoms with van der Waals surface area (Å²) >= 11 is 11.2. The zero-order valence-corrected chi connectivity index (χ0v) is 11.2. The first-order valence-corrected chi connectivity index (χ1v) is 6.24. The molecule has 4 heteroatoms. The molecule has 0 fully saturated rings. The number of rotatable bonds is 4. The largest absolute Gasteiger partial charge is 0.360 e. The first-order valence-electron chi connectivity index (χ1n) is 5.45. The molecule has 2 nitrogen and oxygen atoms in total. The van der Waals surface area contributed by atoms with Crippen molar-refractivity contribution in [2.75, 3.05) is 5.32 Å². The number of hydrogen-bond donors (Lipinski definition) is 2. The summed E-state index contributed by atoms with van der Waals surface area (Å²) in [5.74, 6) is 0. The maximum atomic E-state index is 6.02. The Morgan fingerprint density at radius 3 is 2.75 bits per heavy atom. The SMILES string of the molecule is CCCC(C)NC(=S)Nc1ccccc1Cl. The molecule has 0 radical (unpaired) electrons. The van der Waals surface area contributed by atoms with E-state index in [2.05, 4.69) is 24.5 Å². The van der Waals surface area contributed by atoms with Crippen LogP contribution in [0.3, 0.4) is 0 Å². The molecule has 16 heavy (non-hydrogen) atoms. The highest BCUT2D eigenvalue weighted by atomic mass is 35.5. The molecule has 0 spiro atoms. The molecule has 1 aromatic rings. The van der Waals surface area contributed by atoms with Crippen molar-refractivity contribution in [3.63, 3.8) is 0 Å². The van der Waals surface area contributed by atoms with E-state index in [0.717, 1.165) is 18.5 Å². The van der Waals surface area contributed by atoms with Crippen LogP contribution in [0.4, 0.5) is 5.69 Å². The normalized spacial score (nSPS) is 11.9. The Morgan fingerprint density at radius 2 is 2.12 bits per heavy atom. The fraction of sp³-hybridized carbons (Fsp3) is 0.417. The molecule has 0 saturated heterocycles. The molecule has 0 amide bonds. The van der Waals surface area contributed by atoms with Crippen LogP contribution in [-0.2, 0) is 0 Å². The van der Waals surface area contributed by atoms with Crippen LogP contribution in [0.2, 0.25) is 5.02 Å². The van der Waals surface area contributed by atoms with Crippen molar-refractivity contribution < 1.29 is 0 Å². The highest BCUT2D eigenvalue weighted by Crippen LogP contribution is 2.20. The van der Waals surface area contributed by atoms with E-state index in [-0.39, 0.29) is 0 Å². The summed E-state index contributed by atoms with van der Waals surface area (Å²) in [7, 11) is 0. The number of halogens is 1. The van der Waals surface area contributed by atoms with Crippen molar-refractivity contribution >= 4 is 34.6 Å². The number of para-hydroxylation sites is 1. The molecule has 0 aliphatic carbocycles. The third kappa shape index (κ3) is 4.37. The van der Waals surface area contributed by atoms with Gasteiger partial charge in [-0.3, -0.25) is 0 Å². The van der Waals surface area contributed by atoms with Crippen LogP contribution in [0.1, 0.15) is 26.7 Å². The zero-order chi connectivity index (χ0) is 12.0. The Labute approximate surface area is 107 Å². The Balaban J connectivity index is 2.49. The molecule has 2 N–H and O–H groups in total. The summed E-state index contributed by atoms with van der Waals surface area (Å²) in [4.78, 5) is 0. The summed E-state index contributed by atoms with van der Waals surface area (Å²) in [6, 6.07) is 7.94. The van der Waals surface area contributed by atoms with Crippen molar-refractivity contribution in [2.45, 2.75) is 32.7 Å². The molecular weight excluding hydrogens is 240 g/mol. The van der Waals surface area contributed by atoms with Crippen molar-refractivity contribution in [2.24, 2.45) is 0 Å². The molecule has 1 unspecified atom stereocenters. The Kier molecular flexibility index (Phi) is 5.56. The van der Waals surface area contributed by atoms with E-state index in [1.54, 1.807) is 0 Å². The lowest BCUT2D eigenvalue weighted by atomic mass is 10.2. The van der Waals surface area contributed by atoms with Crippen LogP contribution < -0.4 is 10.6 Å². The molecule has 88 valence electrons. The minimum absolute atomic E-state index is 0.382. The van der Waals surface area contributed by atoms with Gasteiger partial charge in [0.2, 0.25) is 0 Å². The van der Waals surface area contributed by atoms with E-state index in [0.29, 0.717) is 16.2 Å². The van der Waals surface area contributed by atoms with Gasteiger partial charge in [-0.05, 0) is 37.7 Å². The Hall–Kier alpha value is -0.800. The fourth-order valence-electron chi connectivity index (χ4n) is 1.45. The van der Waals surface area contributed by atoms with Gasteiger partial charge < -0.3 is 10.6 Å². The van der Waals surface area contributed by atoms with Gasteiger partial charge in [0.25, 0.3) is 0 Å². The number of nitrogens with one attached hydrogen (secondary N) is 2. The predicted molar refractivity (Wildman–Crippen MR) is 75.2 cm³/mol. The summed E-state index contributed by atoms with van der Waals surface area (Å²) in [6.45, 7) is 4.27. The van der Waals surface area contributed by atoms with Gasteiger partial charge in [0.1, 0.15) is 0 Å². The fourth-order valence-corrected chi connectivity index (χ4v) is 1.94. The molecular formula is C12H17ClN2S. The smallest absolute Gasteiger partial charge is 0.171 e. The maximum absolute atomic E-state index is 6.02. The zero-order valence-electron chi connectivity index (χ0n) is 9.59. The summed E-state index contributed by atoms with van der Waals surface area (Å²) in [5.41, 5.74) is 0.838. The highest BCUT2D eigenvalue weighted by Gasteiger charge is 2.04. The molecule has 0 aliphatic rings. The predicted octanol–water partition coefficient (Wildman–Crippen LogP) is 3.82. The van der Waals surface area contributed by atoms with Crippen molar-refractivity contribution in [3.8, 4) is 0 Å². The molecule has 0 heterocycles. The van der Waals surface area contributed by atoms with Crippen LogP contribution in [0.25, 0.3) is 0 Å². The molecule has 0 aliphatic heterocycles. The van der Waals surface area contributed by atoms with Crippen LogP contribution in [-0.4, -0.2) is 11.2 Å². The van der Waals surface area contributed by atoms with Gasteiger partial charge in [-0.2, -0.15) is 0 Å². The minimum Gasteiger partial charge on any atom is -0.360 e. The Bertz CT molecular complexity index is 355. The second-order valence-electron chi connectivity index (χ2n) is 3.77. The van der Waals surface area contributed by atoms with E-state index in [1.165, 1.54) is 0 Å². The van der Waals surface area contributed by atoms with Crippen LogP contribution in [0.5, 0.6) is 0 Å². The van der Waals surface area contributed by atoms with Gasteiger partial charge in [-0.1, -0.05) is 37.1 Å². The van der Waals surface area contributed by atoms with Gasteiger partial charge in [-0.25, -0.2) is 0 Å². The Morgan fingerprint density at radius 1 is 1.44 bits per heavy atom. The molecule has 1 rings (SSSR count). The molecule has 0 aromatic heterocycles. The molecule has 0 bridgehead atoms. The van der Waals surface area contributed by atoms with E-state index < -0.39 is 0 Å². The molecule has 1 atom stereocenters. The van der Waals surface area contributed by atoms with Crippen LogP contribution in [0.15, 0.2) is 24.3 Å². The first-order chi connectivity index (χ1) is 7.63. The van der Waals surface area contributed by atoms with E-state index in [9.17, 15) is 0 Å². The van der Waals surface area contributed by atoms with Crippen molar-refractivity contribution in [1.82, 2.24) is 5.32 Å². The lowest BCUT2D eigenvalue weighted by Crippen LogP contribution is -2.35. The number of benzene rings is 1. The van der Waals surface area contributed by atoms with E-state index in [4.69, 9.17) is 23.8 Å². The standard InChI is InChI=1S/C12H17ClN2S/c1-3-6-9(2)14-12(16)15-11-8-5-4-7-10(11)13/h4-5,7-9H,3,6H2,1-2H3,(H2,14,15,16). The van der Waals surface area contributed by atoms with E-state index >= 15 is 0 Å². The average molecular weight is 257 g/mol. The second kappa shape index (κ2) is 6.71.